The van der Waals surface area contributed by atoms with Crippen LogP contribution in [-0.4, -0.2) is 30.9 Å². The highest BCUT2D eigenvalue weighted by atomic mass is 32.2. The molecule has 0 fully saturated rings. The molecule has 0 amide bonds. The number of sulfonamides is 2. The summed E-state index contributed by atoms with van der Waals surface area (Å²) in [7, 11) is -4.69. The molecular weight excluding hydrogens is 357 g/mol. The molecular formula is C14H16FN3O4S2. The molecule has 7 nitrogen and oxygen atoms in total. The standard InChI is InChI=1S/C14H16FN3O4S2/c1-18(2)14-8-7-12(23(16,19)20)9-13(14)17-24(21,22)11-5-3-10(15)4-6-11/h3-9,17H,1-2H3,(H2,16,19,20). The highest BCUT2D eigenvalue weighted by molar-refractivity contribution is 7.92. The van der Waals surface area contributed by atoms with Crippen molar-refractivity contribution in [3.05, 3.63) is 48.3 Å². The lowest BCUT2D eigenvalue weighted by atomic mass is 10.2. The summed E-state index contributed by atoms with van der Waals surface area (Å²) in [5.41, 5.74) is 0.476. The van der Waals surface area contributed by atoms with Crippen LogP contribution in [0.3, 0.4) is 0 Å². The maximum absolute atomic E-state index is 13.0. The van der Waals surface area contributed by atoms with Crippen molar-refractivity contribution >= 4 is 31.4 Å². The Morgan fingerprint density at radius 3 is 2.00 bits per heavy atom. The number of nitrogens with two attached hydrogens (primary N) is 1. The van der Waals surface area contributed by atoms with Crippen LogP contribution >= 0.6 is 0 Å². The van der Waals surface area contributed by atoms with Crippen LogP contribution in [0.1, 0.15) is 0 Å². The number of benzene rings is 2. The fourth-order valence-electron chi connectivity index (χ4n) is 1.98. The number of nitrogens with zero attached hydrogens (tertiary/aromatic N) is 1. The molecule has 130 valence electrons. The van der Waals surface area contributed by atoms with Crippen LogP contribution in [0.4, 0.5) is 15.8 Å². The van der Waals surface area contributed by atoms with Crippen LogP contribution in [0.15, 0.2) is 52.3 Å². The Kier molecular flexibility index (Phi) is 4.83. The monoisotopic (exact) mass is 373 g/mol. The average Bonchev–Trinajstić information content (AvgIpc) is 2.46. The number of hydrogen-bond donors (Lipinski definition) is 2. The Labute approximate surface area is 140 Å². The summed E-state index contributed by atoms with van der Waals surface area (Å²) in [5.74, 6) is -0.570. The average molecular weight is 373 g/mol. The van der Waals surface area contributed by atoms with Gasteiger partial charge in [0.05, 0.1) is 21.2 Å². The van der Waals surface area contributed by atoms with Gasteiger partial charge in [-0.3, -0.25) is 4.72 Å². The van der Waals surface area contributed by atoms with Gasteiger partial charge in [-0.15, -0.1) is 0 Å². The third-order valence-corrected chi connectivity index (χ3v) is 5.44. The molecule has 2 aromatic rings. The number of hydrogen-bond acceptors (Lipinski definition) is 5. The molecule has 0 saturated heterocycles. The molecule has 24 heavy (non-hydrogen) atoms. The number of halogens is 1. The van der Waals surface area contributed by atoms with Gasteiger partial charge in [0.25, 0.3) is 10.0 Å². The summed E-state index contributed by atoms with van der Waals surface area (Å²) in [6, 6.07) is 8.09. The molecule has 0 bridgehead atoms. The fraction of sp³-hybridized carbons (Fsp3) is 0.143. The molecule has 10 heteroatoms. The molecule has 0 radical (unpaired) electrons. The Morgan fingerprint density at radius 2 is 1.50 bits per heavy atom. The van der Waals surface area contributed by atoms with E-state index in [1.54, 1.807) is 19.0 Å². The van der Waals surface area contributed by atoms with Crippen LogP contribution in [0.25, 0.3) is 0 Å². The van der Waals surface area contributed by atoms with E-state index in [-0.39, 0.29) is 15.5 Å². The van der Waals surface area contributed by atoms with Crippen LogP contribution in [0.2, 0.25) is 0 Å². The number of primary sulfonamides is 1. The van der Waals surface area contributed by atoms with Crippen molar-refractivity contribution in [1.82, 2.24) is 0 Å². The van der Waals surface area contributed by atoms with Gasteiger partial charge in [-0.1, -0.05) is 0 Å². The number of anilines is 2. The van der Waals surface area contributed by atoms with Crippen molar-refractivity contribution < 1.29 is 21.2 Å². The van der Waals surface area contributed by atoms with E-state index in [9.17, 15) is 21.2 Å². The van der Waals surface area contributed by atoms with Gasteiger partial charge in [0.15, 0.2) is 0 Å². The van der Waals surface area contributed by atoms with E-state index >= 15 is 0 Å². The zero-order chi connectivity index (χ0) is 18.1. The first-order chi connectivity index (χ1) is 11.0. The Hall–Kier alpha value is -2.17. The van der Waals surface area contributed by atoms with E-state index in [0.29, 0.717) is 5.69 Å². The third kappa shape index (κ3) is 4.02. The van der Waals surface area contributed by atoms with Crippen LogP contribution in [-0.2, 0) is 20.0 Å². The van der Waals surface area contributed by atoms with E-state index in [2.05, 4.69) is 4.72 Å². The van der Waals surface area contributed by atoms with Gasteiger partial charge < -0.3 is 4.90 Å². The second-order valence-electron chi connectivity index (χ2n) is 5.18. The second-order valence-corrected chi connectivity index (χ2v) is 8.42. The molecule has 0 atom stereocenters. The van der Waals surface area contributed by atoms with Crippen molar-refractivity contribution in [2.24, 2.45) is 5.14 Å². The van der Waals surface area contributed by atoms with Gasteiger partial charge in [0, 0.05) is 14.1 Å². The molecule has 0 spiro atoms. The lowest BCUT2D eigenvalue weighted by molar-refractivity contribution is 0.596. The smallest absolute Gasteiger partial charge is 0.261 e. The van der Waals surface area contributed by atoms with E-state index in [1.807, 2.05) is 0 Å². The number of nitrogens with one attached hydrogen (secondary N) is 1. The number of rotatable bonds is 5. The zero-order valence-electron chi connectivity index (χ0n) is 12.9. The Balaban J connectivity index is 2.52. The molecule has 3 N–H and O–H groups in total. The SMILES string of the molecule is CN(C)c1ccc(S(N)(=O)=O)cc1NS(=O)(=O)c1ccc(F)cc1. The van der Waals surface area contributed by atoms with Crippen molar-refractivity contribution in [1.29, 1.82) is 0 Å². The molecule has 0 aliphatic heterocycles. The van der Waals surface area contributed by atoms with Gasteiger partial charge >= 0.3 is 0 Å². The summed E-state index contributed by atoms with van der Waals surface area (Å²) < 4.78 is 63.1. The van der Waals surface area contributed by atoms with Gasteiger partial charge in [-0.05, 0) is 42.5 Å². The van der Waals surface area contributed by atoms with E-state index < -0.39 is 25.9 Å². The summed E-state index contributed by atoms with van der Waals surface area (Å²) in [6.07, 6.45) is 0. The second kappa shape index (κ2) is 6.38. The molecule has 0 aliphatic rings. The first-order valence-corrected chi connectivity index (χ1v) is 9.66. The van der Waals surface area contributed by atoms with Crippen molar-refractivity contribution in [2.45, 2.75) is 9.79 Å². The van der Waals surface area contributed by atoms with E-state index in [4.69, 9.17) is 5.14 Å². The quantitative estimate of drug-likeness (QED) is 0.822. The van der Waals surface area contributed by atoms with Crippen molar-refractivity contribution in [2.75, 3.05) is 23.7 Å². The van der Waals surface area contributed by atoms with Crippen LogP contribution in [0.5, 0.6) is 0 Å². The molecule has 0 heterocycles. The van der Waals surface area contributed by atoms with Gasteiger partial charge in [-0.25, -0.2) is 26.4 Å². The van der Waals surface area contributed by atoms with Gasteiger partial charge in [-0.2, -0.15) is 0 Å². The normalized spacial score (nSPS) is 12.0. The Bertz CT molecular complexity index is 956. The van der Waals surface area contributed by atoms with Crippen LogP contribution in [0, 0.1) is 5.82 Å². The minimum absolute atomic E-state index is 0.0378. The first kappa shape index (κ1) is 18.2. The lowest BCUT2D eigenvalue weighted by Crippen LogP contribution is -2.19. The topological polar surface area (TPSA) is 110 Å². The minimum atomic E-state index is -4.03. The minimum Gasteiger partial charge on any atom is -0.376 e. The van der Waals surface area contributed by atoms with Crippen LogP contribution < -0.4 is 14.8 Å². The summed E-state index contributed by atoms with van der Waals surface area (Å²) in [4.78, 5) is 1.22. The van der Waals surface area contributed by atoms with Gasteiger partial charge in [0.2, 0.25) is 10.0 Å². The van der Waals surface area contributed by atoms with Gasteiger partial charge in [0.1, 0.15) is 5.82 Å². The lowest BCUT2D eigenvalue weighted by Gasteiger charge is -2.19. The molecule has 0 aromatic heterocycles. The van der Waals surface area contributed by atoms with Crippen molar-refractivity contribution in [3.8, 4) is 0 Å². The molecule has 0 aliphatic carbocycles. The van der Waals surface area contributed by atoms with E-state index in [1.165, 1.54) is 12.1 Å². The fourth-order valence-corrected chi connectivity index (χ4v) is 3.59. The summed E-state index contributed by atoms with van der Waals surface area (Å²) in [5, 5.41) is 5.08. The van der Waals surface area contributed by atoms with E-state index in [0.717, 1.165) is 30.3 Å². The predicted octanol–water partition coefficient (Wildman–Crippen LogP) is 1.34. The van der Waals surface area contributed by atoms with Crippen molar-refractivity contribution in [3.63, 3.8) is 0 Å². The first-order valence-electron chi connectivity index (χ1n) is 6.63. The highest BCUT2D eigenvalue weighted by Crippen LogP contribution is 2.29. The zero-order valence-corrected chi connectivity index (χ0v) is 14.5. The largest absolute Gasteiger partial charge is 0.376 e. The molecule has 0 saturated carbocycles. The summed E-state index contributed by atoms with van der Waals surface area (Å²) in [6.45, 7) is 0. The Morgan fingerprint density at radius 1 is 0.958 bits per heavy atom. The third-order valence-electron chi connectivity index (χ3n) is 3.15. The maximum atomic E-state index is 13.0. The summed E-state index contributed by atoms with van der Waals surface area (Å²) >= 11 is 0. The maximum Gasteiger partial charge on any atom is 0.261 e. The molecule has 0 unspecified atom stereocenters. The molecule has 2 aromatic carbocycles. The molecule has 2 rings (SSSR count). The highest BCUT2D eigenvalue weighted by Gasteiger charge is 2.19. The predicted molar refractivity (Wildman–Crippen MR) is 89.4 cm³/mol.